The smallest absolute Gasteiger partial charge is 0.259 e. The van der Waals surface area contributed by atoms with Crippen LogP contribution in [-0.4, -0.2) is 50.6 Å². The maximum atomic E-state index is 12.9. The van der Waals surface area contributed by atoms with Crippen LogP contribution in [0.5, 0.6) is 0 Å². The summed E-state index contributed by atoms with van der Waals surface area (Å²) < 4.78 is 11.6. The van der Waals surface area contributed by atoms with Gasteiger partial charge in [0.25, 0.3) is 5.91 Å². The molecule has 2 aromatic heterocycles. The number of carbonyl (C=O) groups excluding carboxylic acids is 1. The van der Waals surface area contributed by atoms with E-state index in [0.29, 0.717) is 17.9 Å². The fourth-order valence-electron chi connectivity index (χ4n) is 4.05. The molecule has 1 unspecified atom stereocenters. The fraction of sp³-hybridized carbons (Fsp3) is 0.571. The first-order chi connectivity index (χ1) is 13.5. The SMILES string of the molecule is CCCc1onc(C)c1C(=O)N1CC2(CC(OCc3cccc(C)n3)CS2)C1. The van der Waals surface area contributed by atoms with Crippen LogP contribution in [0, 0.1) is 13.8 Å². The number of carbonyl (C=O) groups is 1. The monoisotopic (exact) mass is 401 g/mol. The van der Waals surface area contributed by atoms with Crippen molar-refractivity contribution < 1.29 is 14.1 Å². The summed E-state index contributed by atoms with van der Waals surface area (Å²) in [7, 11) is 0. The zero-order chi connectivity index (χ0) is 19.7. The number of nitrogens with zero attached hydrogens (tertiary/aromatic N) is 3. The minimum absolute atomic E-state index is 0.0572. The molecule has 6 nitrogen and oxygen atoms in total. The Morgan fingerprint density at radius 2 is 2.21 bits per heavy atom. The average molecular weight is 402 g/mol. The fourth-order valence-corrected chi connectivity index (χ4v) is 5.60. The van der Waals surface area contributed by atoms with Gasteiger partial charge >= 0.3 is 0 Å². The lowest BCUT2D eigenvalue weighted by Crippen LogP contribution is -2.60. The van der Waals surface area contributed by atoms with Crippen LogP contribution in [0.25, 0.3) is 0 Å². The molecular weight excluding hydrogens is 374 g/mol. The van der Waals surface area contributed by atoms with Crippen molar-refractivity contribution in [2.45, 2.75) is 57.5 Å². The van der Waals surface area contributed by atoms with Gasteiger partial charge in [-0.2, -0.15) is 0 Å². The van der Waals surface area contributed by atoms with Crippen molar-refractivity contribution in [3.05, 3.63) is 46.6 Å². The van der Waals surface area contributed by atoms with E-state index in [9.17, 15) is 4.79 Å². The minimum atomic E-state index is 0.0572. The highest BCUT2D eigenvalue weighted by atomic mass is 32.2. The molecule has 1 atom stereocenters. The molecule has 7 heteroatoms. The van der Waals surface area contributed by atoms with Crippen molar-refractivity contribution in [2.24, 2.45) is 0 Å². The molecule has 1 spiro atoms. The Morgan fingerprint density at radius 1 is 1.39 bits per heavy atom. The second kappa shape index (κ2) is 7.87. The molecule has 4 heterocycles. The number of pyridine rings is 1. The van der Waals surface area contributed by atoms with Crippen molar-refractivity contribution in [2.75, 3.05) is 18.8 Å². The molecule has 28 heavy (non-hydrogen) atoms. The number of hydrogen-bond donors (Lipinski definition) is 0. The van der Waals surface area contributed by atoms with E-state index in [1.165, 1.54) is 0 Å². The highest BCUT2D eigenvalue weighted by Crippen LogP contribution is 2.46. The quantitative estimate of drug-likeness (QED) is 0.737. The van der Waals surface area contributed by atoms with Gasteiger partial charge in [0.2, 0.25) is 0 Å². The third kappa shape index (κ3) is 3.82. The van der Waals surface area contributed by atoms with Crippen molar-refractivity contribution >= 4 is 17.7 Å². The van der Waals surface area contributed by atoms with Gasteiger partial charge in [-0.3, -0.25) is 9.78 Å². The molecule has 2 aromatic rings. The number of amides is 1. The Labute approximate surface area is 170 Å². The lowest BCUT2D eigenvalue weighted by atomic mass is 9.92. The van der Waals surface area contributed by atoms with Crippen LogP contribution in [0.2, 0.25) is 0 Å². The third-order valence-corrected chi connectivity index (χ3v) is 7.03. The Bertz CT molecular complexity index is 860. The molecule has 0 aromatic carbocycles. The van der Waals surface area contributed by atoms with Crippen molar-refractivity contribution in [1.29, 1.82) is 0 Å². The van der Waals surface area contributed by atoms with Crippen LogP contribution in [0.1, 0.15) is 53.0 Å². The Balaban J connectivity index is 1.31. The number of aromatic nitrogens is 2. The van der Waals surface area contributed by atoms with Gasteiger partial charge in [-0.05, 0) is 38.8 Å². The van der Waals surface area contributed by atoms with E-state index < -0.39 is 0 Å². The third-order valence-electron chi connectivity index (χ3n) is 5.46. The molecule has 4 rings (SSSR count). The van der Waals surface area contributed by atoms with Crippen LogP contribution in [-0.2, 0) is 17.8 Å². The summed E-state index contributed by atoms with van der Waals surface area (Å²) >= 11 is 1.94. The second-order valence-electron chi connectivity index (χ2n) is 7.88. The van der Waals surface area contributed by atoms with E-state index in [1.54, 1.807) is 0 Å². The number of thioether (sulfide) groups is 1. The van der Waals surface area contributed by atoms with E-state index in [1.807, 2.05) is 48.7 Å². The normalized spacial score (nSPS) is 20.5. The van der Waals surface area contributed by atoms with E-state index in [-0.39, 0.29) is 16.8 Å². The molecule has 2 fully saturated rings. The molecule has 2 saturated heterocycles. The van der Waals surface area contributed by atoms with Crippen LogP contribution in [0.4, 0.5) is 0 Å². The molecule has 0 N–H and O–H groups in total. The van der Waals surface area contributed by atoms with Gasteiger partial charge in [-0.1, -0.05) is 18.1 Å². The predicted octanol–water partition coefficient (Wildman–Crippen LogP) is 3.56. The van der Waals surface area contributed by atoms with E-state index in [0.717, 1.165) is 55.3 Å². The molecule has 1 amide bonds. The number of aryl methyl sites for hydroxylation is 3. The molecular formula is C21H27N3O3S. The summed E-state index contributed by atoms with van der Waals surface area (Å²) in [5.74, 6) is 1.75. The predicted molar refractivity (Wildman–Crippen MR) is 108 cm³/mol. The summed E-state index contributed by atoms with van der Waals surface area (Å²) in [5.41, 5.74) is 3.35. The van der Waals surface area contributed by atoms with E-state index in [2.05, 4.69) is 17.1 Å². The molecule has 0 saturated carbocycles. The largest absolute Gasteiger partial charge is 0.371 e. The Morgan fingerprint density at radius 3 is 2.96 bits per heavy atom. The molecule has 0 aliphatic carbocycles. The van der Waals surface area contributed by atoms with Gasteiger partial charge < -0.3 is 14.2 Å². The van der Waals surface area contributed by atoms with Gasteiger partial charge in [-0.15, -0.1) is 11.8 Å². The highest BCUT2D eigenvalue weighted by molar-refractivity contribution is 8.01. The summed E-state index contributed by atoms with van der Waals surface area (Å²) in [6.45, 7) is 8.01. The first-order valence-electron chi connectivity index (χ1n) is 9.92. The molecule has 2 aliphatic heterocycles. The zero-order valence-corrected chi connectivity index (χ0v) is 17.6. The first kappa shape index (κ1) is 19.5. The second-order valence-corrected chi connectivity index (χ2v) is 9.37. The maximum absolute atomic E-state index is 12.9. The first-order valence-corrected chi connectivity index (χ1v) is 10.9. The van der Waals surface area contributed by atoms with Crippen LogP contribution in [0.15, 0.2) is 22.7 Å². The number of hydrogen-bond acceptors (Lipinski definition) is 6. The van der Waals surface area contributed by atoms with E-state index >= 15 is 0 Å². The van der Waals surface area contributed by atoms with Gasteiger partial charge in [-0.25, -0.2) is 0 Å². The summed E-state index contributed by atoms with van der Waals surface area (Å²) in [5, 5.41) is 4.00. The standard InChI is InChI=1S/C21H27N3O3S/c1-4-6-18-19(15(3)23-27-18)20(25)24-12-21(13-24)9-17(11-28-21)26-10-16-8-5-7-14(2)22-16/h5,7-8,17H,4,6,9-13H2,1-3H3. The summed E-state index contributed by atoms with van der Waals surface area (Å²) in [6, 6.07) is 6.01. The zero-order valence-electron chi connectivity index (χ0n) is 16.7. The van der Waals surface area contributed by atoms with Gasteiger partial charge in [0.05, 0.1) is 28.8 Å². The Kier molecular flexibility index (Phi) is 5.47. The maximum Gasteiger partial charge on any atom is 0.259 e. The van der Waals surface area contributed by atoms with Crippen LogP contribution < -0.4 is 0 Å². The summed E-state index contributed by atoms with van der Waals surface area (Å²) in [4.78, 5) is 19.4. The lowest BCUT2D eigenvalue weighted by molar-refractivity contribution is 0.0243. The number of likely N-dealkylation sites (tertiary alicyclic amines) is 1. The van der Waals surface area contributed by atoms with Crippen molar-refractivity contribution in [3.8, 4) is 0 Å². The topological polar surface area (TPSA) is 68.5 Å². The average Bonchev–Trinajstić information content (AvgIpc) is 3.23. The number of rotatable bonds is 6. The lowest BCUT2D eigenvalue weighted by Gasteiger charge is -2.47. The van der Waals surface area contributed by atoms with Gasteiger partial charge in [0, 0.05) is 31.0 Å². The van der Waals surface area contributed by atoms with Gasteiger partial charge in [0.1, 0.15) is 11.3 Å². The molecule has 0 bridgehead atoms. The van der Waals surface area contributed by atoms with Crippen molar-refractivity contribution in [3.63, 3.8) is 0 Å². The van der Waals surface area contributed by atoms with Crippen molar-refractivity contribution in [1.82, 2.24) is 15.0 Å². The van der Waals surface area contributed by atoms with Gasteiger partial charge in [0.15, 0.2) is 0 Å². The highest BCUT2D eigenvalue weighted by Gasteiger charge is 2.51. The molecule has 0 radical (unpaired) electrons. The number of ether oxygens (including phenoxy) is 1. The van der Waals surface area contributed by atoms with Crippen LogP contribution >= 0.6 is 11.8 Å². The Hall–Kier alpha value is -1.86. The minimum Gasteiger partial charge on any atom is -0.371 e. The summed E-state index contributed by atoms with van der Waals surface area (Å²) in [6.07, 6.45) is 2.89. The molecule has 2 aliphatic rings. The molecule has 150 valence electrons. The van der Waals surface area contributed by atoms with Crippen LogP contribution in [0.3, 0.4) is 0 Å². The van der Waals surface area contributed by atoms with E-state index in [4.69, 9.17) is 9.26 Å².